The Kier molecular flexibility index (Phi) is 2.72. The van der Waals surface area contributed by atoms with Crippen LogP contribution in [0.4, 0.5) is 0 Å². The normalized spacial score (nSPS) is 10.7. The first kappa shape index (κ1) is 9.90. The quantitative estimate of drug-likeness (QED) is 0.564. The molecule has 5 heteroatoms. The predicted molar refractivity (Wildman–Crippen MR) is 61.4 cm³/mol. The van der Waals surface area contributed by atoms with Gasteiger partial charge in [-0.3, -0.25) is 0 Å². The molecule has 0 saturated heterocycles. The number of rotatable bonds is 1. The summed E-state index contributed by atoms with van der Waals surface area (Å²) in [5.41, 5.74) is 0. The van der Waals surface area contributed by atoms with Crippen molar-refractivity contribution < 1.29 is 0 Å². The molecule has 0 saturated carbocycles. The van der Waals surface area contributed by atoms with Crippen LogP contribution in [0.2, 0.25) is 5.15 Å². The van der Waals surface area contributed by atoms with Crippen molar-refractivity contribution >= 4 is 46.2 Å². The fourth-order valence-electron chi connectivity index (χ4n) is 1.27. The van der Waals surface area contributed by atoms with Gasteiger partial charge in [0.1, 0.15) is 10.6 Å². The molecule has 0 atom stereocenters. The molecule has 0 aliphatic heterocycles. The molecule has 1 heterocycles. The lowest BCUT2D eigenvalue weighted by Crippen LogP contribution is -2.02. The van der Waals surface area contributed by atoms with Gasteiger partial charge in [0.05, 0.1) is 0 Å². The number of fused-ring (bicyclic) bond motifs is 1. The maximum atomic E-state index is 5.98. The Bertz CT molecular complexity index is 536. The van der Waals surface area contributed by atoms with E-state index in [0.717, 1.165) is 10.8 Å². The molecule has 0 fully saturated rings. The lowest BCUT2D eigenvalue weighted by molar-refractivity contribution is 0.715. The smallest absolute Gasteiger partial charge is 0.157 e. The number of hydrogen-bond acceptors (Lipinski definition) is 2. The third kappa shape index (κ3) is 1.52. The average molecular weight is 245 g/mol. The largest absolute Gasteiger partial charge is 0.238 e. The van der Waals surface area contributed by atoms with Crippen molar-refractivity contribution in [3.8, 4) is 0 Å². The summed E-state index contributed by atoms with van der Waals surface area (Å²) < 4.78 is 2.11. The van der Waals surface area contributed by atoms with Crippen molar-refractivity contribution in [2.24, 2.45) is 0 Å². The minimum absolute atomic E-state index is 0.212. The van der Waals surface area contributed by atoms with Gasteiger partial charge >= 0.3 is 0 Å². The molecule has 14 heavy (non-hydrogen) atoms. The summed E-state index contributed by atoms with van der Waals surface area (Å²) >= 11 is 16.9. The molecule has 0 radical (unpaired) electrons. The molecule has 0 unspecified atom stereocenters. The molecular weight excluding hydrogens is 239 g/mol. The van der Waals surface area contributed by atoms with E-state index in [1.165, 1.54) is 4.68 Å². The van der Waals surface area contributed by atoms with Gasteiger partial charge in [-0.15, -0.1) is 11.6 Å². The van der Waals surface area contributed by atoms with Gasteiger partial charge in [0.15, 0.2) is 5.15 Å². The van der Waals surface area contributed by atoms with Gasteiger partial charge in [-0.25, -0.2) is 4.68 Å². The van der Waals surface area contributed by atoms with Crippen molar-refractivity contribution in [3.63, 3.8) is 0 Å². The van der Waals surface area contributed by atoms with E-state index in [-0.39, 0.29) is 6.00 Å². The zero-order valence-corrected chi connectivity index (χ0v) is 9.40. The van der Waals surface area contributed by atoms with Crippen molar-refractivity contribution in [1.82, 2.24) is 9.78 Å². The molecular formula is C9H6Cl2N2S. The van der Waals surface area contributed by atoms with Gasteiger partial charge in [-0.1, -0.05) is 48.1 Å². The van der Waals surface area contributed by atoms with E-state index in [9.17, 15) is 0 Å². The molecule has 0 amide bonds. The van der Waals surface area contributed by atoms with E-state index in [1.54, 1.807) is 0 Å². The number of aromatic nitrogens is 2. The number of halogens is 2. The van der Waals surface area contributed by atoms with Crippen molar-refractivity contribution in [2.75, 3.05) is 0 Å². The van der Waals surface area contributed by atoms with Crippen LogP contribution in [-0.4, -0.2) is 9.78 Å². The van der Waals surface area contributed by atoms with Crippen LogP contribution < -0.4 is 0 Å². The first-order valence-corrected chi connectivity index (χ1v) is 5.27. The Hall–Kier alpha value is -0.640. The van der Waals surface area contributed by atoms with E-state index in [0.29, 0.717) is 9.79 Å². The molecule has 2 rings (SSSR count). The Morgan fingerprint density at radius 3 is 2.57 bits per heavy atom. The van der Waals surface area contributed by atoms with Gasteiger partial charge < -0.3 is 0 Å². The molecule has 0 spiro atoms. The number of nitrogens with zero attached hydrogens (tertiary/aromatic N) is 2. The van der Waals surface area contributed by atoms with Gasteiger partial charge in [-0.05, 0) is 0 Å². The molecule has 72 valence electrons. The maximum absolute atomic E-state index is 5.98. The second kappa shape index (κ2) is 3.85. The summed E-state index contributed by atoms with van der Waals surface area (Å²) in [5, 5.41) is 6.26. The molecule has 0 bridgehead atoms. The molecule has 0 N–H and O–H groups in total. The van der Waals surface area contributed by atoms with E-state index in [2.05, 4.69) is 5.10 Å². The Morgan fingerprint density at radius 1 is 1.29 bits per heavy atom. The van der Waals surface area contributed by atoms with Gasteiger partial charge in [0, 0.05) is 10.8 Å². The highest BCUT2D eigenvalue weighted by Gasteiger charge is 2.04. The molecule has 0 aliphatic rings. The Morgan fingerprint density at radius 2 is 1.93 bits per heavy atom. The lowest BCUT2D eigenvalue weighted by atomic mass is 10.2. The summed E-state index contributed by atoms with van der Waals surface area (Å²) in [4.78, 5) is 0. The molecule has 2 nitrogen and oxygen atoms in total. The highest BCUT2D eigenvalue weighted by atomic mass is 35.5. The van der Waals surface area contributed by atoms with Crippen molar-refractivity contribution in [1.29, 1.82) is 0 Å². The predicted octanol–water partition coefficient (Wildman–Crippen LogP) is 3.62. The van der Waals surface area contributed by atoms with E-state index >= 15 is 0 Å². The van der Waals surface area contributed by atoms with Crippen LogP contribution in [0, 0.1) is 4.64 Å². The number of hydrogen-bond donors (Lipinski definition) is 0. The van der Waals surface area contributed by atoms with E-state index < -0.39 is 0 Å². The zero-order chi connectivity index (χ0) is 10.1. The molecule has 1 aromatic carbocycles. The SMILES string of the molecule is S=c1c2ccccc2c(Cl)nn1CCl. The van der Waals surface area contributed by atoms with Crippen molar-refractivity contribution in [2.45, 2.75) is 6.00 Å². The first-order chi connectivity index (χ1) is 6.74. The van der Waals surface area contributed by atoms with Gasteiger partial charge in [-0.2, -0.15) is 5.10 Å². The third-order valence-corrected chi connectivity index (χ3v) is 2.87. The van der Waals surface area contributed by atoms with E-state index in [4.69, 9.17) is 35.4 Å². The van der Waals surface area contributed by atoms with E-state index in [1.807, 2.05) is 24.3 Å². The second-order valence-electron chi connectivity index (χ2n) is 2.76. The highest BCUT2D eigenvalue weighted by molar-refractivity contribution is 7.71. The zero-order valence-electron chi connectivity index (χ0n) is 7.08. The van der Waals surface area contributed by atoms with Gasteiger partial charge in [0.2, 0.25) is 0 Å². The number of alkyl halides is 1. The lowest BCUT2D eigenvalue weighted by Gasteiger charge is -2.05. The first-order valence-electron chi connectivity index (χ1n) is 3.95. The maximum Gasteiger partial charge on any atom is 0.157 e. The third-order valence-electron chi connectivity index (χ3n) is 1.94. The van der Waals surface area contributed by atoms with Crippen LogP contribution in [-0.2, 0) is 6.00 Å². The summed E-state index contributed by atoms with van der Waals surface area (Å²) in [5.74, 6) is 0. The summed E-state index contributed by atoms with van der Waals surface area (Å²) in [6.45, 7) is 0. The fraction of sp³-hybridized carbons (Fsp3) is 0.111. The van der Waals surface area contributed by atoms with Crippen molar-refractivity contribution in [3.05, 3.63) is 34.1 Å². The Balaban J connectivity index is 2.95. The molecule has 0 aliphatic carbocycles. The standard InChI is InChI=1S/C9H6Cl2N2S/c10-5-13-9(14)7-4-2-1-3-6(7)8(11)12-13/h1-4H,5H2. The van der Waals surface area contributed by atoms with Crippen LogP contribution in [0.3, 0.4) is 0 Å². The summed E-state index contributed by atoms with van der Waals surface area (Å²) in [6.07, 6.45) is 0. The van der Waals surface area contributed by atoms with Gasteiger partial charge in [0.25, 0.3) is 0 Å². The topological polar surface area (TPSA) is 17.8 Å². The van der Waals surface area contributed by atoms with Crippen LogP contribution in [0.15, 0.2) is 24.3 Å². The highest BCUT2D eigenvalue weighted by Crippen LogP contribution is 2.21. The molecule has 2 aromatic rings. The Labute approximate surface area is 96.1 Å². The number of benzene rings is 1. The van der Waals surface area contributed by atoms with Crippen LogP contribution in [0.5, 0.6) is 0 Å². The second-order valence-corrected chi connectivity index (χ2v) is 3.74. The minimum atomic E-state index is 0.212. The molecule has 1 aromatic heterocycles. The van der Waals surface area contributed by atoms with Crippen LogP contribution in [0.25, 0.3) is 10.8 Å². The van der Waals surface area contributed by atoms with Crippen LogP contribution in [0.1, 0.15) is 0 Å². The average Bonchev–Trinajstić information content (AvgIpc) is 2.23. The van der Waals surface area contributed by atoms with Crippen LogP contribution >= 0.6 is 35.4 Å². The monoisotopic (exact) mass is 244 g/mol. The summed E-state index contributed by atoms with van der Waals surface area (Å²) in [6, 6.07) is 7.82. The fourth-order valence-corrected chi connectivity index (χ4v) is 2.06. The summed E-state index contributed by atoms with van der Waals surface area (Å²) in [7, 11) is 0. The minimum Gasteiger partial charge on any atom is -0.238 e.